The number of carbonyl (C=O) groups excluding carboxylic acids is 1. The monoisotopic (exact) mass is 198 g/mol. The molecule has 0 radical (unpaired) electrons. The summed E-state index contributed by atoms with van der Waals surface area (Å²) in [6.07, 6.45) is 7.79. The molecule has 1 heterocycles. The van der Waals surface area contributed by atoms with Crippen molar-refractivity contribution >= 4 is 5.97 Å². The van der Waals surface area contributed by atoms with Crippen molar-refractivity contribution in [3.8, 4) is 0 Å². The zero-order chi connectivity index (χ0) is 10.4. The molecule has 1 fully saturated rings. The molecule has 0 aromatic heterocycles. The lowest BCUT2D eigenvalue weighted by Gasteiger charge is -2.22. The maximum atomic E-state index is 11.0. The van der Waals surface area contributed by atoms with E-state index in [1.807, 2.05) is 0 Å². The van der Waals surface area contributed by atoms with Gasteiger partial charge in [-0.2, -0.15) is 0 Å². The fourth-order valence-corrected chi connectivity index (χ4v) is 1.91. The Kier molecular flexibility index (Phi) is 4.99. The molecule has 0 spiro atoms. The van der Waals surface area contributed by atoms with Crippen molar-refractivity contribution in [2.24, 2.45) is 5.92 Å². The van der Waals surface area contributed by atoms with Crippen LogP contribution >= 0.6 is 0 Å². The first-order chi connectivity index (χ1) is 6.68. The van der Waals surface area contributed by atoms with E-state index in [9.17, 15) is 4.79 Å². The van der Waals surface area contributed by atoms with Crippen LogP contribution in [0.3, 0.4) is 0 Å². The van der Waals surface area contributed by atoms with Gasteiger partial charge in [0.1, 0.15) is 6.10 Å². The molecular formula is C12H22O2. The molecule has 2 nitrogen and oxygen atoms in total. The molecule has 2 heteroatoms. The minimum Gasteiger partial charge on any atom is -0.462 e. The SMILES string of the molecule is CC(C)CCCC[C@@H]1CCCC(=O)O1. The topological polar surface area (TPSA) is 26.3 Å². The van der Waals surface area contributed by atoms with Gasteiger partial charge in [-0.15, -0.1) is 0 Å². The molecule has 1 saturated heterocycles. The second-order valence-electron chi connectivity index (χ2n) is 4.68. The molecular weight excluding hydrogens is 176 g/mol. The molecule has 1 atom stereocenters. The number of rotatable bonds is 5. The predicted octanol–water partition coefficient (Wildman–Crippen LogP) is 3.30. The molecule has 0 aromatic rings. The Labute approximate surface area is 87.0 Å². The van der Waals surface area contributed by atoms with Crippen LogP contribution in [0, 0.1) is 5.92 Å². The highest BCUT2D eigenvalue weighted by atomic mass is 16.5. The van der Waals surface area contributed by atoms with E-state index < -0.39 is 0 Å². The smallest absolute Gasteiger partial charge is 0.306 e. The molecule has 0 N–H and O–H groups in total. The summed E-state index contributed by atoms with van der Waals surface area (Å²) in [5, 5.41) is 0. The molecule has 0 saturated carbocycles. The highest BCUT2D eigenvalue weighted by Crippen LogP contribution is 2.19. The number of esters is 1. The van der Waals surface area contributed by atoms with Crippen molar-refractivity contribution in [1.29, 1.82) is 0 Å². The molecule has 1 rings (SSSR count). The first kappa shape index (κ1) is 11.5. The summed E-state index contributed by atoms with van der Waals surface area (Å²) in [5.74, 6) is 0.800. The van der Waals surface area contributed by atoms with E-state index in [1.54, 1.807) is 0 Å². The Morgan fingerprint density at radius 2 is 2.21 bits per heavy atom. The molecule has 0 unspecified atom stereocenters. The Bertz CT molecular complexity index is 175. The van der Waals surface area contributed by atoms with Gasteiger partial charge in [-0.05, 0) is 31.6 Å². The van der Waals surface area contributed by atoms with E-state index in [0.29, 0.717) is 6.42 Å². The van der Waals surface area contributed by atoms with Gasteiger partial charge in [-0.3, -0.25) is 4.79 Å². The molecule has 82 valence electrons. The molecule has 0 aromatic carbocycles. The fraction of sp³-hybridized carbons (Fsp3) is 0.917. The average molecular weight is 198 g/mol. The third kappa shape index (κ3) is 4.64. The maximum Gasteiger partial charge on any atom is 0.306 e. The molecule has 14 heavy (non-hydrogen) atoms. The van der Waals surface area contributed by atoms with E-state index in [0.717, 1.165) is 25.2 Å². The lowest BCUT2D eigenvalue weighted by atomic mass is 10.00. The second kappa shape index (κ2) is 6.05. The first-order valence-electron chi connectivity index (χ1n) is 5.88. The predicted molar refractivity (Wildman–Crippen MR) is 57.0 cm³/mol. The largest absolute Gasteiger partial charge is 0.462 e. The van der Waals surface area contributed by atoms with E-state index in [1.165, 1.54) is 19.3 Å². The van der Waals surface area contributed by atoms with Gasteiger partial charge >= 0.3 is 5.97 Å². The first-order valence-corrected chi connectivity index (χ1v) is 5.88. The van der Waals surface area contributed by atoms with Crippen molar-refractivity contribution in [3.63, 3.8) is 0 Å². The molecule has 1 aliphatic heterocycles. The normalized spacial score (nSPS) is 22.5. The van der Waals surface area contributed by atoms with Crippen molar-refractivity contribution in [2.75, 3.05) is 0 Å². The van der Waals surface area contributed by atoms with Crippen LogP contribution in [0.15, 0.2) is 0 Å². The highest BCUT2D eigenvalue weighted by molar-refractivity contribution is 5.70. The van der Waals surface area contributed by atoms with E-state index in [-0.39, 0.29) is 12.1 Å². The maximum absolute atomic E-state index is 11.0. The summed E-state index contributed by atoms with van der Waals surface area (Å²) in [6.45, 7) is 4.50. The third-order valence-electron chi connectivity index (χ3n) is 2.76. The van der Waals surface area contributed by atoms with Crippen molar-refractivity contribution in [1.82, 2.24) is 0 Å². The minimum atomic E-state index is 0.00473. The Morgan fingerprint density at radius 1 is 1.43 bits per heavy atom. The zero-order valence-electron chi connectivity index (χ0n) is 9.42. The van der Waals surface area contributed by atoms with Crippen molar-refractivity contribution < 1.29 is 9.53 Å². The van der Waals surface area contributed by atoms with E-state index >= 15 is 0 Å². The average Bonchev–Trinajstić information content (AvgIpc) is 2.12. The summed E-state index contributed by atoms with van der Waals surface area (Å²) < 4.78 is 5.25. The van der Waals surface area contributed by atoms with Gasteiger partial charge in [0.2, 0.25) is 0 Å². The Morgan fingerprint density at radius 3 is 2.86 bits per heavy atom. The number of carbonyl (C=O) groups is 1. The van der Waals surface area contributed by atoms with Gasteiger partial charge in [0.15, 0.2) is 0 Å². The summed E-state index contributed by atoms with van der Waals surface area (Å²) in [4.78, 5) is 11.0. The molecule has 1 aliphatic rings. The van der Waals surface area contributed by atoms with Crippen LogP contribution in [0.1, 0.15) is 58.8 Å². The minimum absolute atomic E-state index is 0.00473. The standard InChI is InChI=1S/C12H22O2/c1-10(2)6-3-4-7-11-8-5-9-12(13)14-11/h10-11H,3-9H2,1-2H3/t11-/m1/s1. The van der Waals surface area contributed by atoms with E-state index in [2.05, 4.69) is 13.8 Å². The van der Waals surface area contributed by atoms with Crippen LogP contribution in [-0.4, -0.2) is 12.1 Å². The molecule has 0 amide bonds. The highest BCUT2D eigenvalue weighted by Gasteiger charge is 2.19. The van der Waals surface area contributed by atoms with Crippen LogP contribution in [0.5, 0.6) is 0 Å². The van der Waals surface area contributed by atoms with Gasteiger partial charge in [0.25, 0.3) is 0 Å². The summed E-state index contributed by atoms with van der Waals surface area (Å²) in [6, 6.07) is 0. The van der Waals surface area contributed by atoms with Crippen LogP contribution in [0.4, 0.5) is 0 Å². The summed E-state index contributed by atoms with van der Waals surface area (Å²) in [5.41, 5.74) is 0. The fourth-order valence-electron chi connectivity index (χ4n) is 1.91. The Balaban J connectivity index is 2.03. The van der Waals surface area contributed by atoms with Crippen molar-refractivity contribution in [2.45, 2.75) is 64.9 Å². The second-order valence-corrected chi connectivity index (χ2v) is 4.68. The van der Waals surface area contributed by atoms with Gasteiger partial charge in [-0.1, -0.05) is 26.7 Å². The molecule has 0 aliphatic carbocycles. The quantitative estimate of drug-likeness (QED) is 0.500. The number of hydrogen-bond acceptors (Lipinski definition) is 2. The van der Waals surface area contributed by atoms with Crippen LogP contribution < -0.4 is 0 Å². The van der Waals surface area contributed by atoms with Crippen LogP contribution in [0.2, 0.25) is 0 Å². The lowest BCUT2D eigenvalue weighted by molar-refractivity contribution is -0.154. The zero-order valence-corrected chi connectivity index (χ0v) is 9.42. The van der Waals surface area contributed by atoms with Gasteiger partial charge < -0.3 is 4.74 Å². The van der Waals surface area contributed by atoms with Crippen LogP contribution in [0.25, 0.3) is 0 Å². The Hall–Kier alpha value is -0.530. The van der Waals surface area contributed by atoms with Gasteiger partial charge in [-0.25, -0.2) is 0 Å². The number of ether oxygens (including phenoxy) is 1. The summed E-state index contributed by atoms with van der Waals surface area (Å²) >= 11 is 0. The van der Waals surface area contributed by atoms with Crippen molar-refractivity contribution in [3.05, 3.63) is 0 Å². The van der Waals surface area contributed by atoms with Gasteiger partial charge in [0.05, 0.1) is 0 Å². The third-order valence-corrected chi connectivity index (χ3v) is 2.76. The number of unbranched alkanes of at least 4 members (excludes halogenated alkanes) is 1. The number of hydrogen-bond donors (Lipinski definition) is 0. The lowest BCUT2D eigenvalue weighted by Crippen LogP contribution is -2.23. The van der Waals surface area contributed by atoms with Crippen LogP contribution in [-0.2, 0) is 9.53 Å². The number of cyclic esters (lactones) is 1. The van der Waals surface area contributed by atoms with Gasteiger partial charge in [0, 0.05) is 6.42 Å². The molecule has 0 bridgehead atoms. The van der Waals surface area contributed by atoms with E-state index in [4.69, 9.17) is 4.74 Å². The summed E-state index contributed by atoms with van der Waals surface area (Å²) in [7, 11) is 0.